The van der Waals surface area contributed by atoms with Crippen molar-refractivity contribution in [3.63, 3.8) is 0 Å². The van der Waals surface area contributed by atoms with E-state index in [1.807, 2.05) is 0 Å². The van der Waals surface area contributed by atoms with Crippen molar-refractivity contribution in [2.75, 3.05) is 6.54 Å². The van der Waals surface area contributed by atoms with Gasteiger partial charge in [-0.2, -0.15) is 5.26 Å². The van der Waals surface area contributed by atoms with E-state index in [1.54, 1.807) is 0 Å². The molecule has 2 N–H and O–H groups in total. The predicted octanol–water partition coefficient (Wildman–Crippen LogP) is 1.18. The summed E-state index contributed by atoms with van der Waals surface area (Å²) in [5, 5.41) is 21.3. The Morgan fingerprint density at radius 1 is 1.31 bits per heavy atom. The van der Waals surface area contributed by atoms with Crippen molar-refractivity contribution in [1.82, 2.24) is 5.32 Å². The molecule has 0 saturated heterocycles. The largest absolute Gasteiger partial charge is 0.392 e. The molecule has 0 amide bonds. The number of nitriles is 1. The third-order valence-electron chi connectivity index (χ3n) is 2.62. The number of aliphatic hydroxyl groups is 1. The summed E-state index contributed by atoms with van der Waals surface area (Å²) in [5.74, 6) is 0. The molecular weight excluding hydrogens is 164 g/mol. The van der Waals surface area contributed by atoms with Crippen molar-refractivity contribution >= 4 is 0 Å². The van der Waals surface area contributed by atoms with Gasteiger partial charge in [0.15, 0.2) is 0 Å². The van der Waals surface area contributed by atoms with E-state index in [-0.39, 0.29) is 12.1 Å². The third-order valence-corrected chi connectivity index (χ3v) is 2.62. The van der Waals surface area contributed by atoms with Crippen LogP contribution in [0.3, 0.4) is 0 Å². The zero-order valence-electron chi connectivity index (χ0n) is 8.00. The molecule has 1 aliphatic carbocycles. The molecule has 1 aliphatic rings. The molecule has 3 nitrogen and oxygen atoms in total. The van der Waals surface area contributed by atoms with Crippen LogP contribution in [0.2, 0.25) is 0 Å². The van der Waals surface area contributed by atoms with E-state index in [1.165, 1.54) is 12.8 Å². The highest BCUT2D eigenvalue weighted by molar-refractivity contribution is 4.80. The molecule has 0 heterocycles. The molecule has 0 aromatic heterocycles. The minimum Gasteiger partial charge on any atom is -0.392 e. The second-order valence-corrected chi connectivity index (χ2v) is 3.67. The first-order valence-corrected chi connectivity index (χ1v) is 5.13. The van der Waals surface area contributed by atoms with Gasteiger partial charge in [-0.1, -0.05) is 19.3 Å². The van der Waals surface area contributed by atoms with Crippen LogP contribution in [0, 0.1) is 11.3 Å². The van der Waals surface area contributed by atoms with Gasteiger partial charge in [0.25, 0.3) is 0 Å². The lowest BCUT2D eigenvalue weighted by molar-refractivity contribution is 0.120. The van der Waals surface area contributed by atoms with Crippen molar-refractivity contribution < 1.29 is 5.11 Å². The summed E-state index contributed by atoms with van der Waals surface area (Å²) in [7, 11) is 0. The van der Waals surface area contributed by atoms with Crippen LogP contribution >= 0.6 is 0 Å². The van der Waals surface area contributed by atoms with Gasteiger partial charge in [-0.3, -0.25) is 0 Å². The lowest BCUT2D eigenvalue weighted by atomic mass is 10.1. The van der Waals surface area contributed by atoms with Crippen molar-refractivity contribution in [3.8, 4) is 6.07 Å². The first kappa shape index (κ1) is 10.5. The van der Waals surface area contributed by atoms with Gasteiger partial charge in [0, 0.05) is 19.0 Å². The van der Waals surface area contributed by atoms with Crippen LogP contribution in [0.25, 0.3) is 0 Å². The normalized spacial score (nSPS) is 29.2. The minimum absolute atomic E-state index is 0.207. The predicted molar refractivity (Wildman–Crippen MR) is 51.1 cm³/mol. The maximum atomic E-state index is 9.70. The first-order chi connectivity index (χ1) is 6.34. The summed E-state index contributed by atoms with van der Waals surface area (Å²) < 4.78 is 0. The second-order valence-electron chi connectivity index (χ2n) is 3.67. The molecule has 2 atom stereocenters. The van der Waals surface area contributed by atoms with Gasteiger partial charge in [0.2, 0.25) is 0 Å². The second kappa shape index (κ2) is 5.95. The van der Waals surface area contributed by atoms with Crippen molar-refractivity contribution in [3.05, 3.63) is 0 Å². The zero-order valence-corrected chi connectivity index (χ0v) is 8.00. The van der Waals surface area contributed by atoms with Gasteiger partial charge in [0.05, 0.1) is 12.2 Å². The Hall–Kier alpha value is -0.590. The Kier molecular flexibility index (Phi) is 4.81. The Labute approximate surface area is 79.8 Å². The zero-order chi connectivity index (χ0) is 9.52. The highest BCUT2D eigenvalue weighted by atomic mass is 16.3. The van der Waals surface area contributed by atoms with Crippen LogP contribution in [0.15, 0.2) is 0 Å². The molecule has 1 rings (SSSR count). The van der Waals surface area contributed by atoms with E-state index in [0.29, 0.717) is 13.0 Å². The monoisotopic (exact) mass is 182 g/mol. The third kappa shape index (κ3) is 3.75. The van der Waals surface area contributed by atoms with E-state index >= 15 is 0 Å². The van der Waals surface area contributed by atoms with Crippen LogP contribution in [0.1, 0.15) is 38.5 Å². The summed E-state index contributed by atoms with van der Waals surface area (Å²) >= 11 is 0. The summed E-state index contributed by atoms with van der Waals surface area (Å²) in [6.45, 7) is 0.707. The molecule has 13 heavy (non-hydrogen) atoms. The molecule has 3 heteroatoms. The summed E-state index contributed by atoms with van der Waals surface area (Å²) in [6.07, 6.45) is 5.84. The molecule has 0 radical (unpaired) electrons. The van der Waals surface area contributed by atoms with Gasteiger partial charge in [-0.15, -0.1) is 0 Å². The van der Waals surface area contributed by atoms with Crippen LogP contribution in [0.4, 0.5) is 0 Å². The maximum absolute atomic E-state index is 9.70. The molecule has 1 saturated carbocycles. The van der Waals surface area contributed by atoms with Crippen molar-refractivity contribution in [2.45, 2.75) is 50.7 Å². The molecule has 0 aliphatic heterocycles. The maximum Gasteiger partial charge on any atom is 0.0693 e. The summed E-state index contributed by atoms with van der Waals surface area (Å²) in [5.41, 5.74) is 0. The van der Waals surface area contributed by atoms with Gasteiger partial charge in [0.1, 0.15) is 0 Å². The van der Waals surface area contributed by atoms with Crippen molar-refractivity contribution in [1.29, 1.82) is 5.26 Å². The Morgan fingerprint density at radius 2 is 2.08 bits per heavy atom. The smallest absolute Gasteiger partial charge is 0.0693 e. The van der Waals surface area contributed by atoms with Crippen LogP contribution in [-0.2, 0) is 0 Å². The average Bonchev–Trinajstić information content (AvgIpc) is 2.32. The van der Waals surface area contributed by atoms with Crippen LogP contribution < -0.4 is 5.32 Å². The Bertz CT molecular complexity index is 176. The van der Waals surface area contributed by atoms with E-state index in [0.717, 1.165) is 19.3 Å². The Balaban J connectivity index is 2.24. The number of aliphatic hydroxyl groups excluding tert-OH is 1. The van der Waals surface area contributed by atoms with E-state index < -0.39 is 0 Å². The molecule has 0 bridgehead atoms. The van der Waals surface area contributed by atoms with Gasteiger partial charge in [-0.05, 0) is 12.8 Å². The number of hydrogen-bond donors (Lipinski definition) is 2. The number of nitrogens with zero attached hydrogens (tertiary/aromatic N) is 1. The minimum atomic E-state index is -0.207. The molecule has 1 fully saturated rings. The highest BCUT2D eigenvalue weighted by Crippen LogP contribution is 2.17. The lowest BCUT2D eigenvalue weighted by Crippen LogP contribution is -2.39. The van der Waals surface area contributed by atoms with Gasteiger partial charge >= 0.3 is 0 Å². The lowest BCUT2D eigenvalue weighted by Gasteiger charge is -2.20. The van der Waals surface area contributed by atoms with Gasteiger partial charge in [-0.25, -0.2) is 0 Å². The molecule has 2 unspecified atom stereocenters. The first-order valence-electron chi connectivity index (χ1n) is 5.13. The average molecular weight is 182 g/mol. The molecule has 0 aromatic carbocycles. The fourth-order valence-corrected chi connectivity index (χ4v) is 1.84. The van der Waals surface area contributed by atoms with Crippen molar-refractivity contribution in [2.24, 2.45) is 0 Å². The molecule has 0 spiro atoms. The van der Waals surface area contributed by atoms with E-state index in [2.05, 4.69) is 11.4 Å². The SMILES string of the molecule is N#CCCNC1CCCCCC1O. The fourth-order valence-electron chi connectivity index (χ4n) is 1.84. The molecule has 0 aromatic rings. The summed E-state index contributed by atoms with van der Waals surface area (Å²) in [6, 6.07) is 2.31. The van der Waals surface area contributed by atoms with Crippen LogP contribution in [-0.4, -0.2) is 23.8 Å². The topological polar surface area (TPSA) is 56.0 Å². The van der Waals surface area contributed by atoms with Crippen LogP contribution in [0.5, 0.6) is 0 Å². The highest BCUT2D eigenvalue weighted by Gasteiger charge is 2.20. The van der Waals surface area contributed by atoms with E-state index in [4.69, 9.17) is 5.26 Å². The molecule has 74 valence electrons. The number of rotatable bonds is 3. The Morgan fingerprint density at radius 3 is 2.85 bits per heavy atom. The number of nitrogens with one attached hydrogen (secondary N) is 1. The molecular formula is C10H18N2O. The van der Waals surface area contributed by atoms with Gasteiger partial charge < -0.3 is 10.4 Å². The number of hydrogen-bond acceptors (Lipinski definition) is 3. The quantitative estimate of drug-likeness (QED) is 0.509. The standard InChI is InChI=1S/C10H18N2O/c11-7-4-8-12-9-5-2-1-3-6-10(9)13/h9-10,12-13H,1-6,8H2. The van der Waals surface area contributed by atoms with E-state index in [9.17, 15) is 5.11 Å². The fraction of sp³-hybridized carbons (Fsp3) is 0.900. The summed E-state index contributed by atoms with van der Waals surface area (Å²) in [4.78, 5) is 0.